The fourth-order valence-electron chi connectivity index (χ4n) is 3.27. The molecule has 1 heterocycles. The van der Waals surface area contributed by atoms with E-state index in [1.54, 1.807) is 12.1 Å². The summed E-state index contributed by atoms with van der Waals surface area (Å²) >= 11 is 0. The zero-order valence-electron chi connectivity index (χ0n) is 18.3. The number of ether oxygens (including phenoxy) is 1. The van der Waals surface area contributed by atoms with Crippen molar-refractivity contribution in [3.05, 3.63) is 71.3 Å². The Labute approximate surface area is 182 Å². The van der Waals surface area contributed by atoms with Crippen LogP contribution in [0.15, 0.2) is 59.7 Å². The number of hydrogen-bond acceptors (Lipinski definition) is 5. The average molecular weight is 421 g/mol. The number of carbonyl (C=O) groups excluding carboxylic acids is 3. The fraction of sp³-hybridized carbons (Fsp3) is 0.360. The van der Waals surface area contributed by atoms with Crippen molar-refractivity contribution in [2.45, 2.75) is 45.4 Å². The Morgan fingerprint density at radius 3 is 2.29 bits per heavy atom. The lowest BCUT2D eigenvalue weighted by molar-refractivity contribution is -0.145. The highest BCUT2D eigenvalue weighted by Gasteiger charge is 2.22. The summed E-state index contributed by atoms with van der Waals surface area (Å²) in [5.74, 6) is -1.07. The second-order valence-corrected chi connectivity index (χ2v) is 8.59. The van der Waals surface area contributed by atoms with Crippen LogP contribution >= 0.6 is 0 Å². The fourth-order valence-corrected chi connectivity index (χ4v) is 3.27. The minimum atomic E-state index is -0.570. The van der Waals surface area contributed by atoms with E-state index in [4.69, 9.17) is 4.74 Å². The van der Waals surface area contributed by atoms with Crippen molar-refractivity contribution < 1.29 is 19.1 Å². The monoisotopic (exact) mass is 420 g/mol. The molecule has 0 unspecified atom stereocenters. The minimum Gasteiger partial charge on any atom is -0.457 e. The van der Waals surface area contributed by atoms with Crippen LogP contribution in [0.1, 0.15) is 61.5 Å². The summed E-state index contributed by atoms with van der Waals surface area (Å²) in [5.41, 5.74) is 3.48. The van der Waals surface area contributed by atoms with Crippen LogP contribution in [-0.2, 0) is 19.7 Å². The molecular formula is C25H28N2O4. The van der Waals surface area contributed by atoms with Crippen LogP contribution < -0.4 is 0 Å². The first-order valence-corrected chi connectivity index (χ1v) is 10.5. The van der Waals surface area contributed by atoms with Gasteiger partial charge in [0.25, 0.3) is 0 Å². The average Bonchev–Trinajstić information content (AvgIpc) is 3.26. The summed E-state index contributed by atoms with van der Waals surface area (Å²) < 4.78 is 5.06. The molecule has 0 saturated carbocycles. The standard InChI is InChI=1S/C25H28N2O4/c1-25(2,3)20-11-9-19(10-12-20)22(28)17-31-24(30)14-13-23(29)27-16-15-21(26-27)18-7-5-4-6-8-18/h4-12H,13-17H2,1-3H3. The van der Waals surface area contributed by atoms with E-state index < -0.39 is 5.97 Å². The van der Waals surface area contributed by atoms with Gasteiger partial charge >= 0.3 is 5.97 Å². The van der Waals surface area contributed by atoms with E-state index in [-0.39, 0.29) is 36.6 Å². The number of esters is 1. The molecule has 0 aromatic heterocycles. The third-order valence-electron chi connectivity index (χ3n) is 5.18. The molecule has 31 heavy (non-hydrogen) atoms. The van der Waals surface area contributed by atoms with Crippen LogP contribution in [0, 0.1) is 0 Å². The molecule has 0 spiro atoms. The van der Waals surface area contributed by atoms with Crippen LogP contribution in [0.25, 0.3) is 0 Å². The van der Waals surface area contributed by atoms with Crippen molar-refractivity contribution in [3.8, 4) is 0 Å². The van der Waals surface area contributed by atoms with Gasteiger partial charge < -0.3 is 4.74 Å². The minimum absolute atomic E-state index is 0.00112. The first-order chi connectivity index (χ1) is 14.7. The molecule has 0 N–H and O–H groups in total. The van der Waals surface area contributed by atoms with E-state index in [0.717, 1.165) is 16.8 Å². The van der Waals surface area contributed by atoms with Crippen LogP contribution in [-0.4, -0.2) is 41.5 Å². The predicted molar refractivity (Wildman–Crippen MR) is 119 cm³/mol. The molecule has 162 valence electrons. The molecule has 1 amide bonds. The number of carbonyl (C=O) groups is 3. The molecule has 6 nitrogen and oxygen atoms in total. The van der Waals surface area contributed by atoms with E-state index in [2.05, 4.69) is 25.9 Å². The van der Waals surface area contributed by atoms with E-state index in [1.807, 2.05) is 42.5 Å². The molecule has 0 radical (unpaired) electrons. The number of Topliss-reactive ketones (excluding diaryl/α,β-unsaturated/α-hetero) is 1. The summed E-state index contributed by atoms with van der Waals surface area (Å²) in [6.07, 6.45) is 0.601. The highest BCUT2D eigenvalue weighted by atomic mass is 16.5. The van der Waals surface area contributed by atoms with Crippen LogP contribution in [0.2, 0.25) is 0 Å². The van der Waals surface area contributed by atoms with Gasteiger partial charge in [-0.1, -0.05) is 75.4 Å². The summed E-state index contributed by atoms with van der Waals surface area (Å²) in [4.78, 5) is 36.6. The van der Waals surface area contributed by atoms with Crippen molar-refractivity contribution in [2.75, 3.05) is 13.2 Å². The number of ketones is 1. The second kappa shape index (κ2) is 9.69. The van der Waals surface area contributed by atoms with Crippen molar-refractivity contribution in [1.82, 2.24) is 5.01 Å². The molecule has 2 aromatic rings. The lowest BCUT2D eigenvalue weighted by Crippen LogP contribution is -2.24. The van der Waals surface area contributed by atoms with Gasteiger partial charge in [-0.15, -0.1) is 0 Å². The van der Waals surface area contributed by atoms with Gasteiger partial charge in [0.2, 0.25) is 5.91 Å². The molecule has 2 aromatic carbocycles. The quantitative estimate of drug-likeness (QED) is 0.499. The summed E-state index contributed by atoms with van der Waals surface area (Å²) in [7, 11) is 0. The Morgan fingerprint density at radius 2 is 1.65 bits per heavy atom. The van der Waals surface area contributed by atoms with E-state index in [0.29, 0.717) is 18.5 Å². The largest absolute Gasteiger partial charge is 0.457 e. The summed E-state index contributed by atoms with van der Waals surface area (Å²) in [6.45, 7) is 6.47. The number of benzene rings is 2. The van der Waals surface area contributed by atoms with Crippen molar-refractivity contribution in [2.24, 2.45) is 5.10 Å². The zero-order chi connectivity index (χ0) is 22.4. The highest BCUT2D eigenvalue weighted by molar-refractivity contribution is 6.02. The Bertz CT molecular complexity index is 973. The number of hydrogen-bond donors (Lipinski definition) is 0. The SMILES string of the molecule is CC(C)(C)c1ccc(C(=O)COC(=O)CCC(=O)N2CCC(c3ccccc3)=N2)cc1. The Balaban J connectivity index is 1.43. The molecule has 1 aliphatic rings. The predicted octanol–water partition coefficient (Wildman–Crippen LogP) is 4.13. The number of rotatable bonds is 7. The van der Waals surface area contributed by atoms with E-state index >= 15 is 0 Å². The molecule has 0 fully saturated rings. The molecule has 3 rings (SSSR count). The van der Waals surface area contributed by atoms with Gasteiger partial charge in [0.05, 0.1) is 18.7 Å². The summed E-state index contributed by atoms with van der Waals surface area (Å²) in [6, 6.07) is 17.0. The maximum atomic E-state index is 12.3. The van der Waals surface area contributed by atoms with Gasteiger partial charge in [0.1, 0.15) is 0 Å². The maximum Gasteiger partial charge on any atom is 0.306 e. The molecule has 0 saturated heterocycles. The maximum absolute atomic E-state index is 12.3. The normalized spacial score (nSPS) is 13.6. The van der Waals surface area contributed by atoms with Gasteiger partial charge in [-0.2, -0.15) is 5.10 Å². The van der Waals surface area contributed by atoms with Crippen molar-refractivity contribution >= 4 is 23.4 Å². The van der Waals surface area contributed by atoms with E-state index in [1.165, 1.54) is 5.01 Å². The molecule has 0 aliphatic carbocycles. The van der Waals surface area contributed by atoms with Crippen LogP contribution in [0.3, 0.4) is 0 Å². The van der Waals surface area contributed by atoms with E-state index in [9.17, 15) is 14.4 Å². The Hall–Kier alpha value is -3.28. The molecule has 6 heteroatoms. The molecule has 0 bridgehead atoms. The van der Waals surface area contributed by atoms with Crippen molar-refractivity contribution in [1.29, 1.82) is 0 Å². The van der Waals surface area contributed by atoms with Crippen LogP contribution in [0.4, 0.5) is 0 Å². The second-order valence-electron chi connectivity index (χ2n) is 8.59. The zero-order valence-corrected chi connectivity index (χ0v) is 18.3. The van der Waals surface area contributed by atoms with Gasteiger partial charge in [-0.3, -0.25) is 14.4 Å². The third kappa shape index (κ3) is 6.10. The van der Waals surface area contributed by atoms with Gasteiger partial charge in [-0.05, 0) is 16.5 Å². The smallest absolute Gasteiger partial charge is 0.306 e. The third-order valence-corrected chi connectivity index (χ3v) is 5.18. The Kier molecular flexibility index (Phi) is 7.00. The molecule has 1 aliphatic heterocycles. The van der Waals surface area contributed by atoms with Gasteiger partial charge in [0, 0.05) is 18.4 Å². The van der Waals surface area contributed by atoms with Crippen molar-refractivity contribution in [3.63, 3.8) is 0 Å². The topological polar surface area (TPSA) is 76.0 Å². The Morgan fingerprint density at radius 1 is 0.968 bits per heavy atom. The first-order valence-electron chi connectivity index (χ1n) is 10.5. The van der Waals surface area contributed by atoms with Gasteiger partial charge in [0.15, 0.2) is 12.4 Å². The number of nitrogens with zero attached hydrogens (tertiary/aromatic N) is 2. The van der Waals surface area contributed by atoms with Gasteiger partial charge in [-0.25, -0.2) is 5.01 Å². The lowest BCUT2D eigenvalue weighted by Gasteiger charge is -2.18. The molecular weight excluding hydrogens is 392 g/mol. The number of amides is 1. The highest BCUT2D eigenvalue weighted by Crippen LogP contribution is 2.22. The van der Waals surface area contributed by atoms with Crippen LogP contribution in [0.5, 0.6) is 0 Å². The summed E-state index contributed by atoms with van der Waals surface area (Å²) in [5, 5.41) is 5.77. The first kappa shape index (κ1) is 22.4. The lowest BCUT2D eigenvalue weighted by atomic mass is 9.86. The molecule has 0 atom stereocenters. The number of hydrazone groups is 1.